The lowest BCUT2D eigenvalue weighted by Gasteiger charge is -1.98. The number of hydrogen-bond donors (Lipinski definition) is 1. The molecule has 0 atom stereocenters. The van der Waals surface area contributed by atoms with E-state index in [4.69, 9.17) is 9.84 Å². The molecule has 0 saturated heterocycles. The van der Waals surface area contributed by atoms with Gasteiger partial charge < -0.3 is 9.84 Å². The summed E-state index contributed by atoms with van der Waals surface area (Å²) in [6, 6.07) is 5.63. The fraction of sp³-hybridized carbons (Fsp3) is 0.333. The van der Waals surface area contributed by atoms with Crippen LogP contribution in [-0.2, 0) is 17.9 Å². The van der Waals surface area contributed by atoms with Crippen LogP contribution < -0.4 is 9.30 Å². The molecular weight excluding hydrogens is 220 g/mol. The molecule has 0 fully saturated rings. The maximum absolute atomic E-state index is 10.8. The maximum Gasteiger partial charge on any atom is 0.346 e. The monoisotopic (exact) mass is 235 g/mol. The summed E-state index contributed by atoms with van der Waals surface area (Å²) in [5, 5.41) is 8.85. The summed E-state index contributed by atoms with van der Waals surface area (Å²) in [5.41, 5.74) is 1.88. The summed E-state index contributed by atoms with van der Waals surface area (Å²) in [7, 11) is 1.62. The Bertz CT molecular complexity index is 560. The minimum Gasteiger partial charge on any atom is -0.497 e. The van der Waals surface area contributed by atoms with Crippen LogP contribution in [0.2, 0.25) is 0 Å². The van der Waals surface area contributed by atoms with Crippen LogP contribution in [0.25, 0.3) is 11.0 Å². The van der Waals surface area contributed by atoms with Gasteiger partial charge in [0.25, 0.3) is 0 Å². The van der Waals surface area contributed by atoms with E-state index in [0.717, 1.165) is 23.3 Å². The molecule has 1 heterocycles. The van der Waals surface area contributed by atoms with Gasteiger partial charge in [0.15, 0.2) is 17.6 Å². The van der Waals surface area contributed by atoms with Crippen LogP contribution in [0.5, 0.6) is 5.75 Å². The van der Waals surface area contributed by atoms with Crippen molar-refractivity contribution in [2.75, 3.05) is 7.11 Å². The standard InChI is InChI=1S/C12H14N2O3/c1-3-13-8-14(7-12(15)16)10-5-4-9(17-2)6-11(10)13/h4-6,8H,3,7H2,1-2H3/p+1. The highest BCUT2D eigenvalue weighted by atomic mass is 16.5. The van der Waals surface area contributed by atoms with Gasteiger partial charge in [0.1, 0.15) is 5.75 Å². The predicted octanol–water partition coefficient (Wildman–Crippen LogP) is 1.04. The highest BCUT2D eigenvalue weighted by Gasteiger charge is 2.17. The smallest absolute Gasteiger partial charge is 0.346 e. The Morgan fingerprint density at radius 1 is 1.53 bits per heavy atom. The molecule has 1 aromatic carbocycles. The third-order valence-corrected chi connectivity index (χ3v) is 2.73. The Kier molecular flexibility index (Phi) is 2.99. The fourth-order valence-electron chi connectivity index (χ4n) is 1.92. The first-order valence-electron chi connectivity index (χ1n) is 5.43. The summed E-state index contributed by atoms with van der Waals surface area (Å²) in [5.74, 6) is -0.0752. The van der Waals surface area contributed by atoms with Crippen molar-refractivity contribution in [3.05, 3.63) is 24.5 Å². The molecule has 17 heavy (non-hydrogen) atoms. The summed E-state index contributed by atoms with van der Waals surface area (Å²) >= 11 is 0. The predicted molar refractivity (Wildman–Crippen MR) is 62.0 cm³/mol. The van der Waals surface area contributed by atoms with Crippen LogP contribution in [0.15, 0.2) is 24.5 Å². The number of imidazole rings is 1. The van der Waals surface area contributed by atoms with E-state index in [1.165, 1.54) is 0 Å². The van der Waals surface area contributed by atoms with Crippen molar-refractivity contribution in [3.63, 3.8) is 0 Å². The lowest BCUT2D eigenvalue weighted by Crippen LogP contribution is -2.36. The molecule has 5 nitrogen and oxygen atoms in total. The Morgan fingerprint density at radius 3 is 2.88 bits per heavy atom. The molecule has 0 aliphatic rings. The molecule has 1 aromatic heterocycles. The molecule has 0 aliphatic heterocycles. The average molecular weight is 235 g/mol. The van der Waals surface area contributed by atoms with Gasteiger partial charge in [0, 0.05) is 6.07 Å². The third kappa shape index (κ3) is 2.08. The van der Waals surface area contributed by atoms with Gasteiger partial charge >= 0.3 is 5.97 Å². The molecule has 2 aromatic rings. The normalized spacial score (nSPS) is 10.7. The second kappa shape index (κ2) is 4.45. The van der Waals surface area contributed by atoms with Crippen molar-refractivity contribution in [1.82, 2.24) is 4.57 Å². The molecule has 0 radical (unpaired) electrons. The SMILES string of the molecule is CCn1c[n+](CC(=O)O)c2ccc(OC)cc21. The minimum atomic E-state index is -0.846. The molecule has 0 amide bonds. The van der Waals surface area contributed by atoms with E-state index in [2.05, 4.69) is 0 Å². The molecule has 0 spiro atoms. The zero-order chi connectivity index (χ0) is 12.4. The van der Waals surface area contributed by atoms with Gasteiger partial charge in [-0.15, -0.1) is 0 Å². The Balaban J connectivity index is 2.59. The van der Waals surface area contributed by atoms with Crippen LogP contribution in [0, 0.1) is 0 Å². The first kappa shape index (κ1) is 11.4. The Labute approximate surface area is 98.9 Å². The minimum absolute atomic E-state index is 0.0319. The van der Waals surface area contributed by atoms with Crippen molar-refractivity contribution < 1.29 is 19.2 Å². The van der Waals surface area contributed by atoms with Gasteiger partial charge in [-0.25, -0.2) is 13.9 Å². The molecule has 5 heteroatoms. The molecule has 90 valence electrons. The zero-order valence-electron chi connectivity index (χ0n) is 9.88. The Morgan fingerprint density at radius 2 is 2.29 bits per heavy atom. The van der Waals surface area contributed by atoms with Crippen molar-refractivity contribution >= 4 is 17.0 Å². The molecule has 0 unspecified atom stereocenters. The number of aromatic nitrogens is 2. The van der Waals surface area contributed by atoms with Crippen molar-refractivity contribution in [2.24, 2.45) is 0 Å². The molecule has 0 bridgehead atoms. The van der Waals surface area contributed by atoms with Gasteiger partial charge in [-0.2, -0.15) is 0 Å². The number of aliphatic carboxylic acids is 1. The highest BCUT2D eigenvalue weighted by Crippen LogP contribution is 2.18. The Hall–Kier alpha value is -2.04. The number of methoxy groups -OCH3 is 1. The van der Waals surface area contributed by atoms with Gasteiger partial charge in [-0.3, -0.25) is 0 Å². The van der Waals surface area contributed by atoms with E-state index < -0.39 is 5.97 Å². The quantitative estimate of drug-likeness (QED) is 0.806. The van der Waals surface area contributed by atoms with Crippen molar-refractivity contribution in [1.29, 1.82) is 0 Å². The second-order valence-electron chi connectivity index (χ2n) is 3.78. The summed E-state index contributed by atoms with van der Waals surface area (Å²) in [4.78, 5) is 10.8. The average Bonchev–Trinajstić information content (AvgIpc) is 2.66. The number of carboxylic acid groups (broad SMARTS) is 1. The number of fused-ring (bicyclic) bond motifs is 1. The first-order chi connectivity index (χ1) is 8.15. The molecule has 0 saturated carbocycles. The van der Waals surface area contributed by atoms with E-state index in [-0.39, 0.29) is 6.54 Å². The number of hydrogen-bond acceptors (Lipinski definition) is 2. The molecule has 1 N–H and O–H groups in total. The number of carbonyl (C=O) groups is 1. The lowest BCUT2D eigenvalue weighted by atomic mass is 10.3. The summed E-state index contributed by atoms with van der Waals surface area (Å²) < 4.78 is 8.90. The molecule has 2 rings (SSSR count). The van der Waals surface area contributed by atoms with Crippen LogP contribution in [0.4, 0.5) is 0 Å². The molecule has 0 aliphatic carbocycles. The number of nitrogens with zero attached hydrogens (tertiary/aromatic N) is 2. The van der Waals surface area contributed by atoms with E-state index in [0.29, 0.717) is 0 Å². The van der Waals surface area contributed by atoms with Crippen LogP contribution in [0.3, 0.4) is 0 Å². The molecular formula is C12H15N2O3+. The van der Waals surface area contributed by atoms with Crippen molar-refractivity contribution in [2.45, 2.75) is 20.0 Å². The van der Waals surface area contributed by atoms with E-state index in [1.807, 2.05) is 36.0 Å². The second-order valence-corrected chi connectivity index (χ2v) is 3.78. The van der Waals surface area contributed by atoms with E-state index >= 15 is 0 Å². The van der Waals surface area contributed by atoms with Crippen molar-refractivity contribution in [3.8, 4) is 5.75 Å². The number of carboxylic acids is 1. The fourth-order valence-corrected chi connectivity index (χ4v) is 1.92. The van der Waals surface area contributed by atoms with Crippen LogP contribution in [0.1, 0.15) is 6.92 Å². The first-order valence-corrected chi connectivity index (χ1v) is 5.43. The van der Waals surface area contributed by atoms with E-state index in [9.17, 15) is 4.79 Å². The topological polar surface area (TPSA) is 55.3 Å². The third-order valence-electron chi connectivity index (χ3n) is 2.73. The van der Waals surface area contributed by atoms with Crippen LogP contribution >= 0.6 is 0 Å². The largest absolute Gasteiger partial charge is 0.497 e. The van der Waals surface area contributed by atoms with Gasteiger partial charge in [-0.05, 0) is 19.1 Å². The number of aryl methyl sites for hydroxylation is 1. The zero-order valence-corrected chi connectivity index (χ0v) is 9.88. The van der Waals surface area contributed by atoms with E-state index in [1.54, 1.807) is 11.7 Å². The number of ether oxygens (including phenoxy) is 1. The summed E-state index contributed by atoms with van der Waals surface area (Å²) in [6.07, 6.45) is 1.82. The van der Waals surface area contributed by atoms with Gasteiger partial charge in [0.05, 0.1) is 13.7 Å². The van der Waals surface area contributed by atoms with Gasteiger partial charge in [0.2, 0.25) is 6.33 Å². The number of rotatable bonds is 4. The summed E-state index contributed by atoms with van der Waals surface area (Å²) in [6.45, 7) is 2.77. The maximum atomic E-state index is 10.8. The van der Waals surface area contributed by atoms with Gasteiger partial charge in [-0.1, -0.05) is 0 Å². The van der Waals surface area contributed by atoms with Crippen LogP contribution in [-0.4, -0.2) is 22.8 Å². The highest BCUT2D eigenvalue weighted by molar-refractivity contribution is 5.74. The lowest BCUT2D eigenvalue weighted by molar-refractivity contribution is -0.660. The number of benzene rings is 1.